The van der Waals surface area contributed by atoms with Crippen molar-refractivity contribution >= 4 is 27.7 Å². The van der Waals surface area contributed by atoms with Gasteiger partial charge in [0.1, 0.15) is 5.75 Å². The molecule has 0 heterocycles. The van der Waals surface area contributed by atoms with Gasteiger partial charge in [0, 0.05) is 19.2 Å². The number of methoxy groups -OCH3 is 1. The van der Waals surface area contributed by atoms with Gasteiger partial charge in [-0.05, 0) is 36.8 Å². The highest BCUT2D eigenvalue weighted by atomic mass is 32.2. The van der Waals surface area contributed by atoms with E-state index in [9.17, 15) is 13.2 Å². The lowest BCUT2D eigenvalue weighted by Crippen LogP contribution is -2.30. The standard InChI is InChI=1S/C21H26N2O4S/c1-5-23(6-2)28(25,26)18-11-12-20(27-4)19(15-18)22-21(24)13-10-17-9-7-8-16(3)14-17/h7-15H,5-6H2,1-4H3,(H,22,24). The Bertz CT molecular complexity index is 964. The molecule has 0 saturated carbocycles. The molecule has 0 fully saturated rings. The largest absolute Gasteiger partial charge is 0.495 e. The van der Waals surface area contributed by atoms with Gasteiger partial charge in [-0.3, -0.25) is 4.79 Å². The molecule has 0 aliphatic heterocycles. The predicted molar refractivity (Wildman–Crippen MR) is 112 cm³/mol. The topological polar surface area (TPSA) is 75.7 Å². The minimum absolute atomic E-state index is 0.106. The van der Waals surface area contributed by atoms with Crippen molar-refractivity contribution in [1.29, 1.82) is 0 Å². The summed E-state index contributed by atoms with van der Waals surface area (Å²) in [5.74, 6) is 0.00740. The fourth-order valence-electron chi connectivity index (χ4n) is 2.78. The van der Waals surface area contributed by atoms with Crippen LogP contribution >= 0.6 is 0 Å². The summed E-state index contributed by atoms with van der Waals surface area (Å²) >= 11 is 0. The van der Waals surface area contributed by atoms with Gasteiger partial charge in [0.25, 0.3) is 0 Å². The molecule has 0 aliphatic carbocycles. The number of hydrogen-bond donors (Lipinski definition) is 1. The lowest BCUT2D eigenvalue weighted by Gasteiger charge is -2.19. The first kappa shape index (κ1) is 21.7. The third kappa shape index (κ3) is 5.21. The molecule has 2 rings (SSSR count). The van der Waals surface area contributed by atoms with E-state index in [-0.39, 0.29) is 10.8 Å². The third-order valence-corrected chi connectivity index (χ3v) is 6.29. The van der Waals surface area contributed by atoms with E-state index in [2.05, 4.69) is 5.32 Å². The molecule has 7 heteroatoms. The summed E-state index contributed by atoms with van der Waals surface area (Å²) in [6, 6.07) is 12.2. The summed E-state index contributed by atoms with van der Waals surface area (Å²) in [7, 11) is -2.17. The van der Waals surface area contributed by atoms with E-state index in [1.54, 1.807) is 19.9 Å². The van der Waals surface area contributed by atoms with E-state index < -0.39 is 10.0 Å². The molecule has 0 aromatic heterocycles. The normalized spacial score (nSPS) is 11.8. The maximum Gasteiger partial charge on any atom is 0.248 e. The number of aryl methyl sites for hydroxylation is 1. The van der Waals surface area contributed by atoms with Crippen LogP contribution in [0.1, 0.15) is 25.0 Å². The van der Waals surface area contributed by atoms with Crippen LogP contribution in [0.5, 0.6) is 5.75 Å². The minimum Gasteiger partial charge on any atom is -0.495 e. The maximum atomic E-state index is 12.7. The smallest absolute Gasteiger partial charge is 0.248 e. The number of sulfonamides is 1. The number of nitrogens with one attached hydrogen (secondary N) is 1. The average Bonchev–Trinajstić information content (AvgIpc) is 2.67. The highest BCUT2D eigenvalue weighted by Crippen LogP contribution is 2.29. The monoisotopic (exact) mass is 402 g/mol. The van der Waals surface area contributed by atoms with Crippen molar-refractivity contribution in [2.45, 2.75) is 25.7 Å². The Balaban J connectivity index is 2.28. The molecule has 0 aliphatic rings. The number of rotatable bonds is 8. The summed E-state index contributed by atoms with van der Waals surface area (Å²) in [6.45, 7) is 6.27. The average molecular weight is 403 g/mol. The van der Waals surface area contributed by atoms with E-state index in [1.165, 1.54) is 35.7 Å². The van der Waals surface area contributed by atoms with Crippen LogP contribution in [0.25, 0.3) is 6.08 Å². The summed E-state index contributed by atoms with van der Waals surface area (Å²) < 4.78 is 32.1. The van der Waals surface area contributed by atoms with E-state index in [1.807, 2.05) is 31.2 Å². The molecular weight excluding hydrogens is 376 g/mol. The zero-order chi connectivity index (χ0) is 20.7. The first-order valence-electron chi connectivity index (χ1n) is 9.05. The second-order valence-electron chi connectivity index (χ2n) is 6.19. The molecule has 0 atom stereocenters. The number of nitrogens with zero attached hydrogens (tertiary/aromatic N) is 1. The van der Waals surface area contributed by atoms with Gasteiger partial charge in [-0.1, -0.05) is 43.7 Å². The minimum atomic E-state index is -3.64. The zero-order valence-electron chi connectivity index (χ0n) is 16.6. The van der Waals surface area contributed by atoms with Gasteiger partial charge in [-0.15, -0.1) is 0 Å². The van der Waals surface area contributed by atoms with Crippen LogP contribution in [-0.2, 0) is 14.8 Å². The Morgan fingerprint density at radius 2 is 1.86 bits per heavy atom. The van der Waals surface area contributed by atoms with Gasteiger partial charge in [-0.2, -0.15) is 4.31 Å². The number of ether oxygens (including phenoxy) is 1. The van der Waals surface area contributed by atoms with Gasteiger partial charge in [0.15, 0.2) is 0 Å². The second kappa shape index (κ2) is 9.52. The first-order valence-corrected chi connectivity index (χ1v) is 10.5. The molecule has 2 aromatic rings. The molecule has 0 bridgehead atoms. The van der Waals surface area contributed by atoms with Crippen LogP contribution in [0.2, 0.25) is 0 Å². The fourth-order valence-corrected chi connectivity index (χ4v) is 4.26. The number of carbonyl (C=O) groups excluding carboxylic acids is 1. The molecule has 28 heavy (non-hydrogen) atoms. The molecule has 6 nitrogen and oxygen atoms in total. The van der Waals surface area contributed by atoms with Crippen molar-refractivity contribution in [3.63, 3.8) is 0 Å². The van der Waals surface area contributed by atoms with E-state index in [4.69, 9.17) is 4.74 Å². The van der Waals surface area contributed by atoms with Gasteiger partial charge < -0.3 is 10.1 Å². The summed E-state index contributed by atoms with van der Waals surface area (Å²) in [4.78, 5) is 12.4. The Kier molecular flexibility index (Phi) is 7.37. The van der Waals surface area contributed by atoms with E-state index >= 15 is 0 Å². The van der Waals surface area contributed by atoms with Crippen molar-refractivity contribution < 1.29 is 17.9 Å². The van der Waals surface area contributed by atoms with Crippen LogP contribution in [0.15, 0.2) is 53.4 Å². The van der Waals surface area contributed by atoms with E-state index in [0.29, 0.717) is 24.5 Å². The van der Waals surface area contributed by atoms with Crippen LogP contribution in [0.4, 0.5) is 5.69 Å². The van der Waals surface area contributed by atoms with Crippen molar-refractivity contribution in [1.82, 2.24) is 4.31 Å². The van der Waals surface area contributed by atoms with Crippen molar-refractivity contribution in [2.24, 2.45) is 0 Å². The number of benzene rings is 2. The Labute approximate surface area is 166 Å². The van der Waals surface area contributed by atoms with Crippen molar-refractivity contribution in [3.8, 4) is 5.75 Å². The Morgan fingerprint density at radius 1 is 1.14 bits per heavy atom. The Hall–Kier alpha value is -2.64. The number of carbonyl (C=O) groups is 1. The molecule has 0 radical (unpaired) electrons. The maximum absolute atomic E-state index is 12.7. The highest BCUT2D eigenvalue weighted by Gasteiger charge is 2.23. The van der Waals surface area contributed by atoms with Crippen LogP contribution in [-0.4, -0.2) is 38.8 Å². The number of anilines is 1. The summed E-state index contributed by atoms with van der Waals surface area (Å²) in [5.41, 5.74) is 2.30. The van der Waals surface area contributed by atoms with Crippen LogP contribution in [0, 0.1) is 6.92 Å². The molecule has 1 N–H and O–H groups in total. The molecule has 1 amide bonds. The number of hydrogen-bond acceptors (Lipinski definition) is 4. The van der Waals surface area contributed by atoms with Crippen LogP contribution < -0.4 is 10.1 Å². The molecule has 0 unspecified atom stereocenters. The summed E-state index contributed by atoms with van der Waals surface area (Å²) in [6.07, 6.45) is 3.10. The van der Waals surface area contributed by atoms with Gasteiger partial charge >= 0.3 is 0 Å². The fraction of sp³-hybridized carbons (Fsp3) is 0.286. The lowest BCUT2D eigenvalue weighted by molar-refractivity contribution is -0.111. The molecule has 0 saturated heterocycles. The molecule has 0 spiro atoms. The van der Waals surface area contributed by atoms with Gasteiger partial charge in [0.2, 0.25) is 15.9 Å². The van der Waals surface area contributed by atoms with Crippen molar-refractivity contribution in [2.75, 3.05) is 25.5 Å². The molecule has 2 aromatic carbocycles. The summed E-state index contributed by atoms with van der Waals surface area (Å²) in [5, 5.41) is 2.70. The lowest BCUT2D eigenvalue weighted by atomic mass is 10.1. The zero-order valence-corrected chi connectivity index (χ0v) is 17.4. The molecule has 150 valence electrons. The van der Waals surface area contributed by atoms with E-state index in [0.717, 1.165) is 11.1 Å². The first-order chi connectivity index (χ1) is 13.3. The third-order valence-electron chi connectivity index (χ3n) is 4.24. The van der Waals surface area contributed by atoms with Crippen molar-refractivity contribution in [3.05, 3.63) is 59.7 Å². The molecular formula is C21H26N2O4S. The second-order valence-corrected chi connectivity index (χ2v) is 8.13. The van der Waals surface area contributed by atoms with Gasteiger partial charge in [-0.25, -0.2) is 8.42 Å². The SMILES string of the molecule is CCN(CC)S(=O)(=O)c1ccc(OC)c(NC(=O)C=Cc2cccc(C)c2)c1. The highest BCUT2D eigenvalue weighted by molar-refractivity contribution is 7.89. The predicted octanol–water partition coefficient (Wildman–Crippen LogP) is 3.69. The van der Waals surface area contributed by atoms with Crippen LogP contribution in [0.3, 0.4) is 0 Å². The Morgan fingerprint density at radius 3 is 2.46 bits per heavy atom. The quantitative estimate of drug-likeness (QED) is 0.684. The number of amides is 1. The van der Waals surface area contributed by atoms with Gasteiger partial charge in [0.05, 0.1) is 17.7 Å².